The van der Waals surface area contributed by atoms with Crippen LogP contribution in [0.2, 0.25) is 0 Å². The predicted molar refractivity (Wildman–Crippen MR) is 226 cm³/mol. The molecular formula is C48H46N8O2. The molecule has 10 nitrogen and oxygen atoms in total. The molecule has 2 aromatic heterocycles. The van der Waals surface area contributed by atoms with E-state index >= 15 is 0 Å². The van der Waals surface area contributed by atoms with E-state index in [9.17, 15) is 9.59 Å². The molecule has 58 heavy (non-hydrogen) atoms. The molecule has 290 valence electrons. The number of nitrogens with one attached hydrogen (secondary N) is 1. The number of carbonyl (C=O) groups excluding carboxylic acids is 2. The van der Waals surface area contributed by atoms with Gasteiger partial charge < -0.3 is 4.57 Å². The number of nitrogens with zero attached hydrogens (tertiary/aromatic N) is 7. The van der Waals surface area contributed by atoms with E-state index < -0.39 is 5.54 Å². The zero-order valence-electron chi connectivity index (χ0n) is 32.8. The van der Waals surface area contributed by atoms with E-state index in [2.05, 4.69) is 90.5 Å². The van der Waals surface area contributed by atoms with Crippen molar-refractivity contribution in [3.8, 4) is 22.5 Å². The summed E-state index contributed by atoms with van der Waals surface area (Å²) in [4.78, 5) is 33.6. The van der Waals surface area contributed by atoms with Crippen molar-refractivity contribution in [3.05, 3.63) is 185 Å². The van der Waals surface area contributed by atoms with E-state index in [1.165, 1.54) is 0 Å². The number of amides is 3. The van der Waals surface area contributed by atoms with Gasteiger partial charge in [-0.25, -0.2) is 9.78 Å². The van der Waals surface area contributed by atoms with Gasteiger partial charge in [0, 0.05) is 25.1 Å². The maximum atomic E-state index is 12.9. The van der Waals surface area contributed by atoms with Gasteiger partial charge in [0.1, 0.15) is 11.5 Å². The van der Waals surface area contributed by atoms with Gasteiger partial charge >= 0.3 is 6.03 Å². The lowest BCUT2D eigenvalue weighted by atomic mass is 9.77. The summed E-state index contributed by atoms with van der Waals surface area (Å²) in [5.41, 5.74) is 7.26. The van der Waals surface area contributed by atoms with Crippen LogP contribution in [-0.2, 0) is 23.3 Å². The van der Waals surface area contributed by atoms with Crippen LogP contribution in [0.1, 0.15) is 73.3 Å². The minimum atomic E-state index is -0.880. The maximum Gasteiger partial charge on any atom is 0.329 e. The highest BCUT2D eigenvalue weighted by Gasteiger charge is 2.41. The molecule has 1 N–H and O–H groups in total. The third kappa shape index (κ3) is 7.36. The van der Waals surface area contributed by atoms with Crippen LogP contribution in [0, 0.1) is 0 Å². The summed E-state index contributed by atoms with van der Waals surface area (Å²) in [5.74, 6) is 1.08. The third-order valence-corrected chi connectivity index (χ3v) is 10.8. The quantitative estimate of drug-likeness (QED) is 0.0634. The molecule has 7 aromatic rings. The molecule has 1 aliphatic heterocycles. The molecule has 0 radical (unpaired) electrons. The van der Waals surface area contributed by atoms with Crippen LogP contribution in [0.3, 0.4) is 0 Å². The second kappa shape index (κ2) is 17.1. The first kappa shape index (κ1) is 38.0. The van der Waals surface area contributed by atoms with Crippen LogP contribution in [0.25, 0.3) is 28.6 Å². The van der Waals surface area contributed by atoms with Crippen molar-refractivity contribution in [2.45, 2.75) is 58.0 Å². The Morgan fingerprint density at radius 2 is 1.28 bits per heavy atom. The van der Waals surface area contributed by atoms with Crippen molar-refractivity contribution in [2.75, 3.05) is 6.54 Å². The fourth-order valence-corrected chi connectivity index (χ4v) is 7.79. The standard InChI is InChI=1S/C48H46N8O2/c1-3-5-26-44-49-33-40(32-43-46(57)50-47(58)54(43)31-6-4-2)55(44)34-35-27-29-36(30-28-35)41-24-16-17-25-42(41)45-51-53-56(52-45)48(37-18-10-7-11-19-37,38-20-12-8-13-21-38)39-22-14-9-15-23-39/h7-25,27-30,32-33H,3-6,26,31,34H2,1-2H3,(H,50,57,58)/b43-32-. The normalized spacial score (nSPS) is 13.7. The molecule has 5 aromatic carbocycles. The number of tetrazole rings is 1. The molecule has 0 atom stereocenters. The number of imide groups is 1. The first-order valence-electron chi connectivity index (χ1n) is 20.1. The molecule has 0 spiro atoms. The molecule has 1 fully saturated rings. The van der Waals surface area contributed by atoms with Gasteiger partial charge in [0.15, 0.2) is 5.54 Å². The van der Waals surface area contributed by atoms with Crippen molar-refractivity contribution < 1.29 is 9.59 Å². The summed E-state index contributed by atoms with van der Waals surface area (Å²) in [6.07, 6.45) is 8.16. The first-order valence-corrected chi connectivity index (χ1v) is 20.1. The Morgan fingerprint density at radius 1 is 0.690 bits per heavy atom. The van der Waals surface area contributed by atoms with Gasteiger partial charge in [-0.15, -0.1) is 15.0 Å². The average molecular weight is 767 g/mol. The Balaban J connectivity index is 1.14. The van der Waals surface area contributed by atoms with Gasteiger partial charge in [0.2, 0.25) is 5.82 Å². The molecule has 0 aliphatic carbocycles. The van der Waals surface area contributed by atoms with Gasteiger partial charge in [-0.1, -0.05) is 166 Å². The second-order valence-corrected chi connectivity index (χ2v) is 14.5. The molecular weight excluding hydrogens is 721 g/mol. The maximum absolute atomic E-state index is 12.9. The molecule has 1 saturated heterocycles. The summed E-state index contributed by atoms with van der Waals surface area (Å²) in [6, 6.07) is 47.3. The van der Waals surface area contributed by atoms with Crippen molar-refractivity contribution in [3.63, 3.8) is 0 Å². The van der Waals surface area contributed by atoms with E-state index in [1.54, 1.807) is 22.0 Å². The summed E-state index contributed by atoms with van der Waals surface area (Å²) in [6.45, 7) is 5.27. The summed E-state index contributed by atoms with van der Waals surface area (Å²) >= 11 is 0. The first-order chi connectivity index (χ1) is 28.5. The number of carbonyl (C=O) groups is 2. The lowest BCUT2D eigenvalue weighted by Gasteiger charge is -2.34. The Hall–Kier alpha value is -6.94. The number of rotatable bonds is 15. The zero-order chi connectivity index (χ0) is 39.9. The lowest BCUT2D eigenvalue weighted by Crippen LogP contribution is -2.39. The zero-order valence-corrected chi connectivity index (χ0v) is 32.8. The van der Waals surface area contributed by atoms with E-state index in [1.807, 2.05) is 72.8 Å². The smallest absolute Gasteiger partial charge is 0.324 e. The van der Waals surface area contributed by atoms with Crippen molar-refractivity contribution in [1.29, 1.82) is 0 Å². The largest absolute Gasteiger partial charge is 0.329 e. The molecule has 1 aliphatic rings. The molecule has 10 heteroatoms. The van der Waals surface area contributed by atoms with Crippen molar-refractivity contribution in [2.24, 2.45) is 0 Å². The van der Waals surface area contributed by atoms with Crippen LogP contribution in [0.15, 0.2) is 151 Å². The highest BCUT2D eigenvalue weighted by atomic mass is 16.2. The molecule has 3 amide bonds. The summed E-state index contributed by atoms with van der Waals surface area (Å²) < 4.78 is 2.15. The van der Waals surface area contributed by atoms with E-state index in [-0.39, 0.29) is 11.9 Å². The third-order valence-electron chi connectivity index (χ3n) is 10.8. The Kier molecular flexibility index (Phi) is 11.2. The van der Waals surface area contributed by atoms with Crippen molar-refractivity contribution in [1.82, 2.24) is 40.0 Å². The Bertz CT molecular complexity index is 2430. The predicted octanol–water partition coefficient (Wildman–Crippen LogP) is 9.13. The van der Waals surface area contributed by atoms with E-state index in [0.29, 0.717) is 24.6 Å². The number of hydrogen-bond donors (Lipinski definition) is 1. The lowest BCUT2D eigenvalue weighted by molar-refractivity contribution is -0.116. The number of hydrogen-bond acceptors (Lipinski definition) is 6. The van der Waals surface area contributed by atoms with Crippen LogP contribution in [0.5, 0.6) is 0 Å². The van der Waals surface area contributed by atoms with Crippen molar-refractivity contribution >= 4 is 18.0 Å². The minimum absolute atomic E-state index is 0.354. The molecule has 3 heterocycles. The van der Waals surface area contributed by atoms with Gasteiger partial charge in [-0.3, -0.25) is 15.0 Å². The Morgan fingerprint density at radius 3 is 1.88 bits per heavy atom. The van der Waals surface area contributed by atoms with Gasteiger partial charge in [0.25, 0.3) is 5.91 Å². The average Bonchev–Trinajstić information content (AvgIpc) is 3.98. The number of imidazole rings is 1. The number of aryl methyl sites for hydroxylation is 1. The molecule has 0 saturated carbocycles. The number of benzene rings is 5. The number of aromatic nitrogens is 6. The molecule has 0 bridgehead atoms. The molecule has 0 unspecified atom stereocenters. The van der Waals surface area contributed by atoms with E-state index in [4.69, 9.17) is 20.4 Å². The fraction of sp³-hybridized carbons (Fsp3) is 0.208. The van der Waals surface area contributed by atoms with Crippen LogP contribution >= 0.6 is 0 Å². The number of unbranched alkanes of at least 4 members (excludes halogenated alkanes) is 2. The number of urea groups is 1. The highest BCUT2D eigenvalue weighted by molar-refractivity contribution is 6.13. The van der Waals surface area contributed by atoms with Gasteiger partial charge in [-0.05, 0) is 57.5 Å². The summed E-state index contributed by atoms with van der Waals surface area (Å²) in [7, 11) is 0. The van der Waals surface area contributed by atoms with E-state index in [0.717, 1.165) is 82.6 Å². The topological polar surface area (TPSA) is 111 Å². The highest BCUT2D eigenvalue weighted by Crippen LogP contribution is 2.40. The van der Waals surface area contributed by atoms with Crippen LogP contribution in [-0.4, -0.2) is 53.1 Å². The van der Waals surface area contributed by atoms with Crippen LogP contribution in [0.4, 0.5) is 4.79 Å². The minimum Gasteiger partial charge on any atom is -0.324 e. The SMILES string of the molecule is CCCCc1ncc(/C=C2/C(=O)NC(=O)N2CCCC)n1Cc1ccc(-c2ccccc2-c2nnn(C(c3ccccc3)(c3ccccc3)c3ccccc3)n2)cc1. The Labute approximate surface area is 338 Å². The monoisotopic (exact) mass is 766 g/mol. The van der Waals surface area contributed by atoms with Gasteiger partial charge in [0.05, 0.1) is 11.9 Å². The van der Waals surface area contributed by atoms with Gasteiger partial charge in [-0.2, -0.15) is 0 Å². The molecule has 8 rings (SSSR count). The second-order valence-electron chi connectivity index (χ2n) is 14.5. The van der Waals surface area contributed by atoms with Crippen LogP contribution < -0.4 is 5.32 Å². The fourth-order valence-electron chi connectivity index (χ4n) is 7.79. The summed E-state index contributed by atoms with van der Waals surface area (Å²) in [5, 5.41) is 17.2.